The average Bonchev–Trinajstić information content (AvgIpc) is 3.19. The van der Waals surface area contributed by atoms with E-state index >= 15 is 0 Å². The molecule has 2 aromatic rings. The Morgan fingerprint density at radius 3 is 2.52 bits per heavy atom. The van der Waals surface area contributed by atoms with Crippen LogP contribution in [-0.4, -0.2) is 64.4 Å². The number of furan rings is 1. The molecule has 7 heteroatoms. The van der Waals surface area contributed by atoms with Gasteiger partial charge < -0.3 is 24.5 Å². The molecule has 1 aliphatic rings. The lowest BCUT2D eigenvalue weighted by molar-refractivity contribution is 0.0124. The van der Waals surface area contributed by atoms with Gasteiger partial charge in [-0.15, -0.1) is 0 Å². The Hall–Kier alpha value is -2.51. The SMILES string of the molecule is CN=C(NCCc1ccc(OC)cc1)NCC(c1ccc(C)o1)N1CCOCC1. The van der Waals surface area contributed by atoms with Gasteiger partial charge in [-0.2, -0.15) is 0 Å². The summed E-state index contributed by atoms with van der Waals surface area (Å²) < 4.78 is 16.6. The zero-order valence-electron chi connectivity index (χ0n) is 17.6. The van der Waals surface area contributed by atoms with Crippen LogP contribution in [0, 0.1) is 6.92 Å². The molecule has 0 bridgehead atoms. The molecule has 1 aliphatic heterocycles. The Kier molecular flexibility index (Phi) is 7.95. The Morgan fingerprint density at radius 1 is 1.14 bits per heavy atom. The molecular weight excluding hydrogens is 368 g/mol. The van der Waals surface area contributed by atoms with Crippen LogP contribution in [0.3, 0.4) is 0 Å². The van der Waals surface area contributed by atoms with E-state index in [9.17, 15) is 0 Å². The molecule has 1 fully saturated rings. The number of hydrogen-bond donors (Lipinski definition) is 2. The van der Waals surface area contributed by atoms with Crippen LogP contribution in [0.2, 0.25) is 0 Å². The van der Waals surface area contributed by atoms with Crippen LogP contribution < -0.4 is 15.4 Å². The third kappa shape index (κ3) is 6.24. The molecule has 7 nitrogen and oxygen atoms in total. The van der Waals surface area contributed by atoms with Crippen LogP contribution >= 0.6 is 0 Å². The highest BCUT2D eigenvalue weighted by atomic mass is 16.5. The maximum absolute atomic E-state index is 5.93. The van der Waals surface area contributed by atoms with Crippen molar-refractivity contribution in [3.8, 4) is 5.75 Å². The molecule has 0 spiro atoms. The van der Waals surface area contributed by atoms with Crippen molar-refractivity contribution in [1.82, 2.24) is 15.5 Å². The van der Waals surface area contributed by atoms with Crippen molar-refractivity contribution in [1.29, 1.82) is 0 Å². The number of nitrogens with zero attached hydrogens (tertiary/aromatic N) is 2. The van der Waals surface area contributed by atoms with Gasteiger partial charge >= 0.3 is 0 Å². The maximum Gasteiger partial charge on any atom is 0.191 e. The number of aliphatic imine (C=N–C) groups is 1. The maximum atomic E-state index is 5.93. The Bertz CT molecular complexity index is 767. The molecule has 158 valence electrons. The number of ether oxygens (including phenoxy) is 2. The second-order valence-electron chi connectivity index (χ2n) is 7.09. The van der Waals surface area contributed by atoms with Gasteiger partial charge in [-0.25, -0.2) is 0 Å². The summed E-state index contributed by atoms with van der Waals surface area (Å²) in [6.45, 7) is 6.80. The highest BCUT2D eigenvalue weighted by molar-refractivity contribution is 5.79. The van der Waals surface area contributed by atoms with Crippen molar-refractivity contribution < 1.29 is 13.9 Å². The number of morpholine rings is 1. The molecule has 0 saturated carbocycles. The minimum Gasteiger partial charge on any atom is -0.497 e. The molecule has 0 aliphatic carbocycles. The number of benzene rings is 1. The molecule has 29 heavy (non-hydrogen) atoms. The Morgan fingerprint density at radius 2 is 1.90 bits per heavy atom. The van der Waals surface area contributed by atoms with E-state index in [1.54, 1.807) is 14.2 Å². The first-order valence-electron chi connectivity index (χ1n) is 10.1. The van der Waals surface area contributed by atoms with E-state index in [2.05, 4.69) is 38.7 Å². The molecule has 0 radical (unpaired) electrons. The van der Waals surface area contributed by atoms with Crippen LogP contribution in [0.4, 0.5) is 0 Å². The second-order valence-corrected chi connectivity index (χ2v) is 7.09. The number of hydrogen-bond acceptors (Lipinski definition) is 5. The molecule has 0 amide bonds. The third-order valence-corrected chi connectivity index (χ3v) is 5.13. The summed E-state index contributed by atoms with van der Waals surface area (Å²) in [6.07, 6.45) is 0.912. The van der Waals surface area contributed by atoms with Gasteiger partial charge in [0, 0.05) is 33.2 Å². The molecule has 2 N–H and O–H groups in total. The van der Waals surface area contributed by atoms with E-state index in [1.807, 2.05) is 25.1 Å². The Labute approximate surface area is 173 Å². The van der Waals surface area contributed by atoms with Crippen LogP contribution in [0.25, 0.3) is 0 Å². The quantitative estimate of drug-likeness (QED) is 0.524. The van der Waals surface area contributed by atoms with E-state index < -0.39 is 0 Å². The van der Waals surface area contributed by atoms with Crippen LogP contribution in [-0.2, 0) is 11.2 Å². The number of rotatable bonds is 8. The van der Waals surface area contributed by atoms with Crippen molar-refractivity contribution in [3.63, 3.8) is 0 Å². The van der Waals surface area contributed by atoms with Gasteiger partial charge in [-0.1, -0.05) is 12.1 Å². The molecular formula is C22H32N4O3. The number of guanidine groups is 1. The first-order chi connectivity index (χ1) is 14.2. The minimum absolute atomic E-state index is 0.146. The predicted molar refractivity (Wildman–Crippen MR) is 115 cm³/mol. The summed E-state index contributed by atoms with van der Waals surface area (Å²) >= 11 is 0. The van der Waals surface area contributed by atoms with E-state index in [-0.39, 0.29) is 6.04 Å². The first-order valence-corrected chi connectivity index (χ1v) is 10.1. The molecule has 1 aromatic carbocycles. The van der Waals surface area contributed by atoms with Crippen molar-refractivity contribution in [2.45, 2.75) is 19.4 Å². The van der Waals surface area contributed by atoms with E-state index in [1.165, 1.54) is 5.56 Å². The lowest BCUT2D eigenvalue weighted by atomic mass is 10.1. The fourth-order valence-electron chi connectivity index (χ4n) is 3.46. The molecule has 1 atom stereocenters. The highest BCUT2D eigenvalue weighted by Gasteiger charge is 2.25. The summed E-state index contributed by atoms with van der Waals surface area (Å²) in [6, 6.07) is 12.4. The standard InChI is InChI=1S/C22H32N4O3/c1-17-4-9-21(29-17)20(26-12-14-28-15-13-26)16-25-22(23-2)24-11-10-18-5-7-19(27-3)8-6-18/h4-9,20H,10-16H2,1-3H3,(H2,23,24,25). The highest BCUT2D eigenvalue weighted by Crippen LogP contribution is 2.23. The Balaban J connectivity index is 1.52. The van der Waals surface area contributed by atoms with E-state index in [0.717, 1.165) is 69.0 Å². The minimum atomic E-state index is 0.146. The van der Waals surface area contributed by atoms with E-state index in [0.29, 0.717) is 0 Å². The molecule has 1 aromatic heterocycles. The van der Waals surface area contributed by atoms with Gasteiger partial charge in [0.2, 0.25) is 0 Å². The molecule has 2 heterocycles. The summed E-state index contributed by atoms with van der Waals surface area (Å²) in [4.78, 5) is 6.77. The fraction of sp³-hybridized carbons (Fsp3) is 0.500. The lowest BCUT2D eigenvalue weighted by Gasteiger charge is -2.33. The number of methoxy groups -OCH3 is 1. The number of aryl methyl sites for hydroxylation is 1. The lowest BCUT2D eigenvalue weighted by Crippen LogP contribution is -2.46. The summed E-state index contributed by atoms with van der Waals surface area (Å²) in [5, 5.41) is 6.85. The predicted octanol–water partition coefficient (Wildman–Crippen LogP) is 2.38. The van der Waals surface area contributed by atoms with Gasteiger partial charge in [0.15, 0.2) is 5.96 Å². The van der Waals surface area contributed by atoms with Crippen LogP contribution in [0.5, 0.6) is 5.75 Å². The van der Waals surface area contributed by atoms with E-state index in [4.69, 9.17) is 13.9 Å². The zero-order valence-corrected chi connectivity index (χ0v) is 17.6. The van der Waals surface area contributed by atoms with Gasteiger partial charge in [0.05, 0.1) is 26.4 Å². The first kappa shape index (κ1) is 21.2. The topological polar surface area (TPSA) is 71.3 Å². The van der Waals surface area contributed by atoms with Gasteiger partial charge in [0.1, 0.15) is 17.3 Å². The summed E-state index contributed by atoms with van der Waals surface area (Å²) in [5.41, 5.74) is 1.26. The zero-order chi connectivity index (χ0) is 20.5. The fourth-order valence-corrected chi connectivity index (χ4v) is 3.46. The van der Waals surface area contributed by atoms with Crippen LogP contribution in [0.1, 0.15) is 23.1 Å². The van der Waals surface area contributed by atoms with Crippen LogP contribution in [0.15, 0.2) is 45.8 Å². The average molecular weight is 401 g/mol. The van der Waals surface area contributed by atoms with Gasteiger partial charge in [-0.05, 0) is 43.2 Å². The largest absolute Gasteiger partial charge is 0.497 e. The molecule has 3 rings (SSSR count). The summed E-state index contributed by atoms with van der Waals surface area (Å²) in [7, 11) is 3.48. The van der Waals surface area contributed by atoms with Crippen molar-refractivity contribution in [2.24, 2.45) is 4.99 Å². The third-order valence-electron chi connectivity index (χ3n) is 5.13. The number of nitrogens with one attached hydrogen (secondary N) is 2. The van der Waals surface area contributed by atoms with Gasteiger partial charge in [0.25, 0.3) is 0 Å². The second kappa shape index (κ2) is 10.9. The molecule has 1 saturated heterocycles. The van der Waals surface area contributed by atoms with Crippen molar-refractivity contribution in [2.75, 3.05) is 53.6 Å². The summed E-state index contributed by atoms with van der Waals surface area (Å²) in [5.74, 6) is 3.58. The smallest absolute Gasteiger partial charge is 0.191 e. The normalized spacial score (nSPS) is 16.4. The van der Waals surface area contributed by atoms with Crippen molar-refractivity contribution in [3.05, 3.63) is 53.5 Å². The van der Waals surface area contributed by atoms with Crippen molar-refractivity contribution >= 4 is 5.96 Å². The monoisotopic (exact) mass is 400 g/mol. The molecule has 1 unspecified atom stereocenters. The van der Waals surface area contributed by atoms with Gasteiger partial charge in [-0.3, -0.25) is 9.89 Å².